The Morgan fingerprint density at radius 1 is 1.06 bits per heavy atom. The van der Waals surface area contributed by atoms with E-state index < -0.39 is 12.0 Å². The summed E-state index contributed by atoms with van der Waals surface area (Å²) in [6.45, 7) is 5.93. The summed E-state index contributed by atoms with van der Waals surface area (Å²) in [7, 11) is 0. The number of carbonyl (C=O) groups is 2. The SMILES string of the molecule is CCCCC(=O)N(Cc1ccc(-c2ccccc2-c2nnn[nH]2)cc1)C(C(=O)O)C(C)C.[CaH2]. The van der Waals surface area contributed by atoms with Gasteiger partial charge in [0.15, 0.2) is 5.82 Å². The van der Waals surface area contributed by atoms with Crippen LogP contribution in [-0.4, -0.2) is 86.3 Å². The first kappa shape index (κ1) is 27.0. The fraction of sp³-hybridized carbons (Fsp3) is 0.375. The Balaban J connectivity index is 0.00000385. The first-order valence-corrected chi connectivity index (χ1v) is 10.9. The van der Waals surface area contributed by atoms with Gasteiger partial charge in [-0.25, -0.2) is 9.89 Å². The third kappa shape index (κ3) is 6.85. The molecule has 3 rings (SSSR count). The number of aliphatic carboxylic acids is 1. The average molecular weight is 478 g/mol. The van der Waals surface area contributed by atoms with E-state index in [1.165, 1.54) is 4.90 Å². The van der Waals surface area contributed by atoms with Crippen LogP contribution in [0.3, 0.4) is 0 Å². The van der Waals surface area contributed by atoms with E-state index in [2.05, 4.69) is 20.6 Å². The number of aromatic amines is 1. The Morgan fingerprint density at radius 2 is 1.73 bits per heavy atom. The van der Waals surface area contributed by atoms with Crippen LogP contribution >= 0.6 is 0 Å². The third-order valence-electron chi connectivity index (χ3n) is 5.43. The normalized spacial score (nSPS) is 11.6. The number of nitrogens with zero attached hydrogens (tertiary/aromatic N) is 4. The standard InChI is InChI=1S/C24H29N5O3.Ca.2H/c1-4-5-10-21(30)29(22(16(2)3)24(31)32)15-17-11-13-18(14-12-17)19-8-6-7-9-20(19)23-25-27-28-26-23;;;/h6-9,11-14,16,22H,4-5,10,15H2,1-3H3,(H,31,32)(H,25,26,27,28);;;. The van der Waals surface area contributed by atoms with Gasteiger partial charge in [0.05, 0.1) is 0 Å². The van der Waals surface area contributed by atoms with Crippen LogP contribution in [-0.2, 0) is 16.1 Å². The van der Waals surface area contributed by atoms with E-state index in [-0.39, 0.29) is 56.1 Å². The number of rotatable bonds is 10. The van der Waals surface area contributed by atoms with E-state index in [9.17, 15) is 14.7 Å². The summed E-state index contributed by atoms with van der Waals surface area (Å²) in [4.78, 5) is 26.3. The van der Waals surface area contributed by atoms with Crippen molar-refractivity contribution in [3.05, 3.63) is 54.1 Å². The summed E-state index contributed by atoms with van der Waals surface area (Å²) in [6, 6.07) is 14.8. The monoisotopic (exact) mass is 477 g/mol. The van der Waals surface area contributed by atoms with Crippen LogP contribution in [0.1, 0.15) is 45.6 Å². The first-order chi connectivity index (χ1) is 15.4. The van der Waals surface area contributed by atoms with Crippen molar-refractivity contribution in [3.63, 3.8) is 0 Å². The van der Waals surface area contributed by atoms with Crippen molar-refractivity contribution >= 4 is 49.6 Å². The number of benzene rings is 2. The number of nitrogens with one attached hydrogen (secondary N) is 1. The molecular formula is C24H31CaN5O3. The maximum atomic E-state index is 12.9. The Morgan fingerprint density at radius 3 is 2.27 bits per heavy atom. The number of carboxylic acids is 1. The molecule has 2 aromatic carbocycles. The third-order valence-corrected chi connectivity index (χ3v) is 5.43. The van der Waals surface area contributed by atoms with Crippen molar-refractivity contribution in [1.82, 2.24) is 25.5 Å². The Labute approximate surface area is 223 Å². The zero-order valence-corrected chi connectivity index (χ0v) is 18.7. The van der Waals surface area contributed by atoms with Gasteiger partial charge in [-0.05, 0) is 39.5 Å². The van der Waals surface area contributed by atoms with Crippen molar-refractivity contribution in [1.29, 1.82) is 0 Å². The molecule has 0 aliphatic carbocycles. The summed E-state index contributed by atoms with van der Waals surface area (Å²) in [5.74, 6) is -0.713. The van der Waals surface area contributed by atoms with Gasteiger partial charge < -0.3 is 10.0 Å². The summed E-state index contributed by atoms with van der Waals surface area (Å²) in [5, 5.41) is 23.9. The molecule has 1 heterocycles. The van der Waals surface area contributed by atoms with Crippen LogP contribution < -0.4 is 0 Å². The molecule has 0 radical (unpaired) electrons. The van der Waals surface area contributed by atoms with Gasteiger partial charge in [0.25, 0.3) is 0 Å². The number of hydrogen-bond donors (Lipinski definition) is 2. The van der Waals surface area contributed by atoms with E-state index in [4.69, 9.17) is 0 Å². The van der Waals surface area contributed by atoms with E-state index >= 15 is 0 Å². The average Bonchev–Trinajstić information content (AvgIpc) is 3.32. The number of carbonyl (C=O) groups excluding carboxylic acids is 1. The molecule has 0 aliphatic rings. The number of hydrogen-bond acceptors (Lipinski definition) is 5. The second-order valence-electron chi connectivity index (χ2n) is 8.14. The summed E-state index contributed by atoms with van der Waals surface area (Å²) in [5.41, 5.74) is 3.71. The fourth-order valence-corrected chi connectivity index (χ4v) is 3.79. The molecule has 172 valence electrons. The molecule has 1 aromatic heterocycles. The molecule has 0 spiro atoms. The predicted molar refractivity (Wildman–Crippen MR) is 130 cm³/mol. The number of unbranched alkanes of at least 4 members (excludes halogenated alkanes) is 1. The van der Waals surface area contributed by atoms with Crippen LogP contribution in [0.5, 0.6) is 0 Å². The Hall–Kier alpha value is -2.29. The van der Waals surface area contributed by atoms with E-state index in [1.807, 2.05) is 69.3 Å². The molecule has 2 N–H and O–H groups in total. The van der Waals surface area contributed by atoms with Crippen molar-refractivity contribution in [2.24, 2.45) is 5.92 Å². The van der Waals surface area contributed by atoms with E-state index in [0.717, 1.165) is 35.1 Å². The minimum atomic E-state index is -0.976. The molecule has 0 fully saturated rings. The Kier molecular flexibility index (Phi) is 10.5. The number of carboxylic acid groups (broad SMARTS) is 1. The molecule has 1 amide bonds. The number of tetrazole rings is 1. The van der Waals surface area contributed by atoms with Crippen LogP contribution in [0.2, 0.25) is 0 Å². The van der Waals surface area contributed by atoms with Crippen LogP contribution in [0.4, 0.5) is 0 Å². The topological polar surface area (TPSA) is 112 Å². The van der Waals surface area contributed by atoms with Crippen LogP contribution in [0.25, 0.3) is 22.5 Å². The van der Waals surface area contributed by atoms with Gasteiger partial charge in [-0.15, -0.1) is 5.10 Å². The second-order valence-corrected chi connectivity index (χ2v) is 8.14. The zero-order valence-electron chi connectivity index (χ0n) is 18.7. The molecule has 1 atom stereocenters. The Bertz CT molecular complexity index is 1040. The quantitative estimate of drug-likeness (QED) is 0.434. The van der Waals surface area contributed by atoms with Crippen LogP contribution in [0.15, 0.2) is 48.5 Å². The van der Waals surface area contributed by atoms with Gasteiger partial charge in [-0.2, -0.15) is 0 Å². The number of aromatic nitrogens is 4. The molecule has 0 saturated heterocycles. The molecule has 3 aromatic rings. The van der Waals surface area contributed by atoms with Gasteiger partial charge in [0.2, 0.25) is 5.91 Å². The summed E-state index contributed by atoms with van der Waals surface area (Å²) < 4.78 is 0. The van der Waals surface area contributed by atoms with Crippen molar-refractivity contribution in [3.8, 4) is 22.5 Å². The molecule has 8 nitrogen and oxygen atoms in total. The molecule has 0 bridgehead atoms. The summed E-state index contributed by atoms with van der Waals surface area (Å²) in [6.07, 6.45) is 1.98. The molecule has 0 saturated carbocycles. The van der Waals surface area contributed by atoms with Gasteiger partial charge in [-0.1, -0.05) is 75.7 Å². The number of amides is 1. The van der Waals surface area contributed by atoms with Crippen molar-refractivity contribution < 1.29 is 14.7 Å². The van der Waals surface area contributed by atoms with Gasteiger partial charge in [-0.3, -0.25) is 4.79 Å². The summed E-state index contributed by atoms with van der Waals surface area (Å²) >= 11 is 0. The molecule has 0 aliphatic heterocycles. The van der Waals surface area contributed by atoms with Gasteiger partial charge >= 0.3 is 43.7 Å². The zero-order chi connectivity index (χ0) is 23.1. The van der Waals surface area contributed by atoms with E-state index in [1.54, 1.807) is 0 Å². The molecular weight excluding hydrogens is 446 g/mol. The van der Waals surface area contributed by atoms with E-state index in [0.29, 0.717) is 12.2 Å². The van der Waals surface area contributed by atoms with Crippen molar-refractivity contribution in [2.45, 2.75) is 52.6 Å². The minimum absolute atomic E-state index is 0. The molecule has 1 unspecified atom stereocenters. The fourth-order valence-electron chi connectivity index (χ4n) is 3.79. The van der Waals surface area contributed by atoms with Gasteiger partial charge in [0, 0.05) is 18.5 Å². The number of H-pyrrole nitrogens is 1. The first-order valence-electron chi connectivity index (χ1n) is 10.9. The maximum absolute atomic E-state index is 12.9. The molecule has 9 heteroatoms. The van der Waals surface area contributed by atoms with Gasteiger partial charge in [0.1, 0.15) is 6.04 Å². The van der Waals surface area contributed by atoms with Crippen LogP contribution in [0, 0.1) is 5.92 Å². The van der Waals surface area contributed by atoms with Crippen molar-refractivity contribution in [2.75, 3.05) is 0 Å². The predicted octanol–water partition coefficient (Wildman–Crippen LogP) is 3.25. The molecule has 33 heavy (non-hydrogen) atoms. The second kappa shape index (κ2) is 12.8.